The van der Waals surface area contributed by atoms with Crippen molar-refractivity contribution < 1.29 is 22.4 Å². The van der Waals surface area contributed by atoms with Crippen LogP contribution in [0.4, 0.5) is 17.6 Å². The van der Waals surface area contributed by atoms with Crippen molar-refractivity contribution >= 4 is 11.5 Å². The van der Waals surface area contributed by atoms with Crippen molar-refractivity contribution in [1.82, 2.24) is 4.90 Å². The van der Waals surface area contributed by atoms with Crippen LogP contribution >= 0.6 is 0 Å². The molecule has 2 rings (SSSR count). The molecule has 0 aromatic heterocycles. The largest absolute Gasteiger partial charge is 0.338 e. The smallest absolute Gasteiger partial charge is 0.328 e. The van der Waals surface area contributed by atoms with E-state index in [9.17, 15) is 22.4 Å². The molecule has 0 saturated heterocycles. The third kappa shape index (κ3) is 4.96. The molecule has 2 aromatic rings. The summed E-state index contributed by atoms with van der Waals surface area (Å²) >= 11 is 0. The number of rotatable bonds is 7. The molecule has 0 radical (unpaired) electrons. The molecule has 0 fully saturated rings. The number of carbonyl (C=O) groups is 1. The first-order valence-electron chi connectivity index (χ1n) is 8.67. The van der Waals surface area contributed by atoms with E-state index in [4.69, 9.17) is 0 Å². The van der Waals surface area contributed by atoms with Crippen LogP contribution in [0.1, 0.15) is 25.8 Å². The number of nitrogens with zero attached hydrogens (tertiary/aromatic N) is 1. The highest BCUT2D eigenvalue weighted by Gasteiger charge is 2.43. The van der Waals surface area contributed by atoms with Crippen LogP contribution in [0.2, 0.25) is 0 Å². The van der Waals surface area contributed by atoms with Crippen molar-refractivity contribution in [3.63, 3.8) is 0 Å². The summed E-state index contributed by atoms with van der Waals surface area (Å²) in [7, 11) is 0. The Labute approximate surface area is 156 Å². The van der Waals surface area contributed by atoms with Gasteiger partial charge in [-0.3, -0.25) is 4.79 Å². The number of halogens is 4. The van der Waals surface area contributed by atoms with Gasteiger partial charge in [0, 0.05) is 18.7 Å². The molecule has 0 atom stereocenters. The molecule has 0 heterocycles. The van der Waals surface area contributed by atoms with Crippen molar-refractivity contribution in [1.29, 1.82) is 0 Å². The van der Waals surface area contributed by atoms with Gasteiger partial charge in [-0.2, -0.15) is 17.6 Å². The third-order valence-electron chi connectivity index (χ3n) is 4.33. The van der Waals surface area contributed by atoms with Crippen LogP contribution in [0.3, 0.4) is 0 Å². The molecule has 0 spiro atoms. The van der Waals surface area contributed by atoms with Gasteiger partial charge in [-0.05, 0) is 30.5 Å². The van der Waals surface area contributed by atoms with Gasteiger partial charge in [-0.1, -0.05) is 54.6 Å². The van der Waals surface area contributed by atoms with E-state index in [1.165, 1.54) is 12.1 Å². The van der Waals surface area contributed by atoms with Crippen molar-refractivity contribution in [2.24, 2.45) is 0 Å². The van der Waals surface area contributed by atoms with Crippen LogP contribution in [0.5, 0.6) is 0 Å². The highest BCUT2D eigenvalue weighted by Crippen LogP contribution is 2.35. The van der Waals surface area contributed by atoms with Gasteiger partial charge in [-0.25, -0.2) is 0 Å². The monoisotopic (exact) mass is 379 g/mol. The van der Waals surface area contributed by atoms with Crippen molar-refractivity contribution in [3.8, 4) is 11.1 Å². The Morgan fingerprint density at radius 2 is 1.41 bits per heavy atom. The molecule has 0 bridgehead atoms. The highest BCUT2D eigenvalue weighted by atomic mass is 19.3. The van der Waals surface area contributed by atoms with E-state index in [1.807, 2.05) is 30.3 Å². The quantitative estimate of drug-likeness (QED) is 0.552. The maximum atomic E-state index is 14.3. The van der Waals surface area contributed by atoms with Gasteiger partial charge in [0.25, 0.3) is 12.0 Å². The van der Waals surface area contributed by atoms with Gasteiger partial charge < -0.3 is 4.90 Å². The molecule has 6 heteroatoms. The number of hydrogen-bond acceptors (Lipinski definition) is 1. The van der Waals surface area contributed by atoms with E-state index < -0.39 is 29.9 Å². The van der Waals surface area contributed by atoms with Gasteiger partial charge in [-0.15, -0.1) is 0 Å². The van der Waals surface area contributed by atoms with E-state index in [2.05, 4.69) is 0 Å². The maximum absolute atomic E-state index is 14.3. The lowest BCUT2D eigenvalue weighted by atomic mass is 9.97. The first-order chi connectivity index (χ1) is 12.8. The molecule has 2 nitrogen and oxygen atoms in total. The second kappa shape index (κ2) is 8.84. The number of allylic oxidation sites excluding steroid dienone is 1. The second-order valence-electron chi connectivity index (χ2n) is 6.04. The second-order valence-corrected chi connectivity index (χ2v) is 6.04. The Balaban J connectivity index is 2.28. The summed E-state index contributed by atoms with van der Waals surface area (Å²) in [6.45, 7) is 3.31. The predicted octanol–water partition coefficient (Wildman–Crippen LogP) is 5.86. The van der Waals surface area contributed by atoms with E-state index >= 15 is 0 Å². The number of alkyl halides is 2. The molecule has 0 unspecified atom stereocenters. The standard InChI is InChI=1S/C21H21F4NO/c1-3-26(4-2)20(27)21(24,25)14-18(19(22)23)17-12-10-16(11-13-17)15-8-6-5-7-9-15/h5-13H,3-4,14H2,1-2H3. The van der Waals surface area contributed by atoms with Gasteiger partial charge in [0.15, 0.2) is 0 Å². The van der Waals surface area contributed by atoms with Crippen molar-refractivity contribution in [2.45, 2.75) is 26.2 Å². The first kappa shape index (κ1) is 20.7. The Morgan fingerprint density at radius 1 is 0.889 bits per heavy atom. The van der Waals surface area contributed by atoms with Crippen LogP contribution < -0.4 is 0 Å². The molecule has 2 aromatic carbocycles. The first-order valence-corrected chi connectivity index (χ1v) is 8.67. The number of benzene rings is 2. The van der Waals surface area contributed by atoms with E-state index in [0.29, 0.717) is 0 Å². The summed E-state index contributed by atoms with van der Waals surface area (Å²) in [4.78, 5) is 12.9. The zero-order chi connectivity index (χ0) is 20.0. The maximum Gasteiger partial charge on any atom is 0.328 e. The molecular formula is C21H21F4NO. The van der Waals surface area contributed by atoms with E-state index in [0.717, 1.165) is 16.0 Å². The Bertz CT molecular complexity index is 793. The van der Waals surface area contributed by atoms with E-state index in [1.54, 1.807) is 26.0 Å². The molecule has 0 N–H and O–H groups in total. The number of carbonyl (C=O) groups excluding carboxylic acids is 1. The van der Waals surface area contributed by atoms with Gasteiger partial charge >= 0.3 is 5.92 Å². The molecule has 0 aliphatic rings. The average Bonchev–Trinajstić information content (AvgIpc) is 2.67. The third-order valence-corrected chi connectivity index (χ3v) is 4.33. The summed E-state index contributed by atoms with van der Waals surface area (Å²) < 4.78 is 55.4. The lowest BCUT2D eigenvalue weighted by Gasteiger charge is -2.25. The van der Waals surface area contributed by atoms with Gasteiger partial charge in [0.05, 0.1) is 6.42 Å². The Hall–Kier alpha value is -2.63. The molecule has 0 saturated carbocycles. The van der Waals surface area contributed by atoms with Crippen LogP contribution in [0.15, 0.2) is 60.7 Å². The Kier molecular flexibility index (Phi) is 6.77. The summed E-state index contributed by atoms with van der Waals surface area (Å²) in [6.07, 6.45) is -3.55. The van der Waals surface area contributed by atoms with Crippen LogP contribution in [0.25, 0.3) is 16.7 Å². The number of hydrogen-bond donors (Lipinski definition) is 0. The topological polar surface area (TPSA) is 20.3 Å². The summed E-state index contributed by atoms with van der Waals surface area (Å²) in [5.74, 6) is -5.34. The normalized spacial score (nSPS) is 11.2. The summed E-state index contributed by atoms with van der Waals surface area (Å²) in [5, 5.41) is 0. The predicted molar refractivity (Wildman–Crippen MR) is 98.5 cm³/mol. The van der Waals surface area contributed by atoms with Crippen LogP contribution in [-0.2, 0) is 4.79 Å². The van der Waals surface area contributed by atoms with Crippen molar-refractivity contribution in [3.05, 3.63) is 66.2 Å². The lowest BCUT2D eigenvalue weighted by molar-refractivity contribution is -0.156. The molecule has 144 valence electrons. The SMILES string of the molecule is CCN(CC)C(=O)C(F)(F)CC(=C(F)F)c1ccc(-c2ccccc2)cc1. The molecule has 1 amide bonds. The molecule has 0 aliphatic heterocycles. The minimum Gasteiger partial charge on any atom is -0.338 e. The van der Waals surface area contributed by atoms with Gasteiger partial charge in [0.1, 0.15) is 0 Å². The zero-order valence-corrected chi connectivity index (χ0v) is 15.2. The fraction of sp³-hybridized carbons (Fsp3) is 0.286. The molecule has 0 aliphatic carbocycles. The fourth-order valence-electron chi connectivity index (χ4n) is 2.81. The minimum atomic E-state index is -3.90. The summed E-state index contributed by atoms with van der Waals surface area (Å²) in [5.41, 5.74) is 0.822. The summed E-state index contributed by atoms with van der Waals surface area (Å²) in [6, 6.07) is 15.2. The number of amides is 1. The molecule has 27 heavy (non-hydrogen) atoms. The molecular weight excluding hydrogens is 358 g/mol. The van der Waals surface area contributed by atoms with Crippen LogP contribution in [0, 0.1) is 0 Å². The zero-order valence-electron chi connectivity index (χ0n) is 15.2. The van der Waals surface area contributed by atoms with Crippen LogP contribution in [-0.4, -0.2) is 29.8 Å². The highest BCUT2D eigenvalue weighted by molar-refractivity contribution is 5.86. The Morgan fingerprint density at radius 3 is 1.89 bits per heavy atom. The fourth-order valence-corrected chi connectivity index (χ4v) is 2.81. The van der Waals surface area contributed by atoms with Crippen molar-refractivity contribution in [2.75, 3.05) is 13.1 Å². The van der Waals surface area contributed by atoms with E-state index in [-0.39, 0.29) is 18.7 Å². The lowest BCUT2D eigenvalue weighted by Crippen LogP contribution is -2.43. The average molecular weight is 379 g/mol. The minimum absolute atomic E-state index is 0.0262. The van der Waals surface area contributed by atoms with Gasteiger partial charge in [0.2, 0.25) is 0 Å².